The maximum absolute atomic E-state index is 2.24. The highest BCUT2D eigenvalue weighted by Gasteiger charge is 2.00. The lowest BCUT2D eigenvalue weighted by molar-refractivity contribution is 1.48. The van der Waals surface area contributed by atoms with Gasteiger partial charge in [-0.05, 0) is 35.2 Å². The first kappa shape index (κ1) is 23.9. The first-order valence-corrected chi connectivity index (χ1v) is 10.6. The molecule has 4 aromatic rings. The predicted molar refractivity (Wildman–Crippen MR) is 131 cm³/mol. The van der Waals surface area contributed by atoms with Gasteiger partial charge in [0.1, 0.15) is 0 Å². The first-order chi connectivity index (χ1) is 14.3. The molecule has 0 aromatic heterocycles. The average Bonchev–Trinajstić information content (AvgIpc) is 2.84. The second-order valence-electron chi connectivity index (χ2n) is 5.97. The van der Waals surface area contributed by atoms with E-state index in [0.717, 1.165) is 0 Å². The summed E-state index contributed by atoms with van der Waals surface area (Å²) in [6, 6.07) is 39.9. The van der Waals surface area contributed by atoms with E-state index in [1.807, 2.05) is 58.0 Å². The second-order valence-corrected chi connectivity index (χ2v) is 5.97. The highest BCUT2D eigenvalue weighted by Crippen LogP contribution is 2.25. The van der Waals surface area contributed by atoms with Crippen molar-refractivity contribution in [2.45, 2.75) is 34.6 Å². The van der Waals surface area contributed by atoms with Crippen molar-refractivity contribution < 1.29 is 0 Å². The molecule has 150 valence electrons. The van der Waals surface area contributed by atoms with Crippen molar-refractivity contribution in [2.75, 3.05) is 0 Å². The van der Waals surface area contributed by atoms with Crippen LogP contribution in [0.3, 0.4) is 0 Å². The zero-order valence-corrected chi connectivity index (χ0v) is 18.5. The third kappa shape index (κ3) is 8.62. The molecule has 4 aromatic carbocycles. The molecular weight excluding hydrogens is 348 g/mol. The third-order valence-corrected chi connectivity index (χ3v) is 4.02. The summed E-state index contributed by atoms with van der Waals surface area (Å²) in [5, 5.41) is 0. The Labute approximate surface area is 177 Å². The van der Waals surface area contributed by atoms with Crippen LogP contribution in [0.5, 0.6) is 0 Å². The largest absolute Gasteiger partial charge is 0.0683 e. The average molecular weight is 383 g/mol. The Bertz CT molecular complexity index is 824. The first-order valence-electron chi connectivity index (χ1n) is 10.6. The molecule has 0 saturated heterocycles. The zero-order chi connectivity index (χ0) is 21.3. The molecule has 0 aliphatic heterocycles. The van der Waals surface area contributed by atoms with Gasteiger partial charge in [0.25, 0.3) is 0 Å². The molecule has 0 nitrogen and oxygen atoms in total. The van der Waals surface area contributed by atoms with Crippen LogP contribution in [0.15, 0.2) is 115 Å². The standard InChI is InChI=1S/C18H14.C7H8.2C2H6/c1-3-8-15(9-4-1)17-12-7-13-18(14-17)16-10-5-2-6-11-16;1-7-5-3-2-4-6-7;2*1-2/h1-14H;2-6H,1H3;2*1-2H3. The van der Waals surface area contributed by atoms with Gasteiger partial charge in [-0.3, -0.25) is 0 Å². The van der Waals surface area contributed by atoms with E-state index in [1.165, 1.54) is 27.8 Å². The minimum Gasteiger partial charge on any atom is -0.0683 e. The van der Waals surface area contributed by atoms with E-state index in [-0.39, 0.29) is 0 Å². The van der Waals surface area contributed by atoms with E-state index in [1.54, 1.807) is 0 Å². The van der Waals surface area contributed by atoms with Gasteiger partial charge < -0.3 is 0 Å². The van der Waals surface area contributed by atoms with Crippen molar-refractivity contribution in [3.63, 3.8) is 0 Å². The Morgan fingerprint density at radius 2 is 0.655 bits per heavy atom. The number of hydrogen-bond acceptors (Lipinski definition) is 0. The molecule has 0 N–H and O–H groups in total. The van der Waals surface area contributed by atoms with Crippen LogP contribution >= 0.6 is 0 Å². The molecule has 0 bridgehead atoms. The molecule has 0 spiro atoms. The van der Waals surface area contributed by atoms with E-state index >= 15 is 0 Å². The molecule has 0 radical (unpaired) electrons. The van der Waals surface area contributed by atoms with Gasteiger partial charge in [0.05, 0.1) is 0 Å². The number of benzene rings is 4. The maximum atomic E-state index is 2.24. The molecule has 0 heterocycles. The summed E-state index contributed by atoms with van der Waals surface area (Å²) in [4.78, 5) is 0. The lowest BCUT2D eigenvalue weighted by Gasteiger charge is -2.05. The minimum absolute atomic E-state index is 1.26. The van der Waals surface area contributed by atoms with Gasteiger partial charge in [0, 0.05) is 0 Å². The SMILES string of the molecule is CC.CC.Cc1ccccc1.c1ccc(-c2cccc(-c3ccccc3)c2)cc1. The molecule has 29 heavy (non-hydrogen) atoms. The molecular formula is C29H34. The highest BCUT2D eigenvalue weighted by molar-refractivity contribution is 5.72. The fourth-order valence-electron chi connectivity index (χ4n) is 2.67. The Balaban J connectivity index is 0.000000321. The number of rotatable bonds is 2. The smallest absolute Gasteiger partial charge is 0.0178 e. The molecule has 0 heteroatoms. The predicted octanol–water partition coefficient (Wildman–Crippen LogP) is 9.07. The molecule has 0 saturated carbocycles. The van der Waals surface area contributed by atoms with E-state index in [2.05, 4.69) is 91.9 Å². The van der Waals surface area contributed by atoms with Crippen molar-refractivity contribution in [2.24, 2.45) is 0 Å². The fourth-order valence-corrected chi connectivity index (χ4v) is 2.67. The molecule has 0 unspecified atom stereocenters. The van der Waals surface area contributed by atoms with Crippen molar-refractivity contribution in [3.8, 4) is 22.3 Å². The maximum Gasteiger partial charge on any atom is -0.0178 e. The quantitative estimate of drug-likeness (QED) is 0.324. The molecule has 0 atom stereocenters. The molecule has 0 fully saturated rings. The third-order valence-electron chi connectivity index (χ3n) is 4.02. The Kier molecular flexibility index (Phi) is 12.3. The van der Waals surface area contributed by atoms with E-state index in [0.29, 0.717) is 0 Å². The van der Waals surface area contributed by atoms with Crippen LogP contribution in [0, 0.1) is 6.92 Å². The summed E-state index contributed by atoms with van der Waals surface area (Å²) < 4.78 is 0. The van der Waals surface area contributed by atoms with Crippen molar-refractivity contribution in [3.05, 3.63) is 121 Å². The minimum atomic E-state index is 1.26. The molecule has 0 aliphatic carbocycles. The van der Waals surface area contributed by atoms with Crippen molar-refractivity contribution >= 4 is 0 Å². The van der Waals surface area contributed by atoms with E-state index in [4.69, 9.17) is 0 Å². The lowest BCUT2D eigenvalue weighted by Crippen LogP contribution is -1.80. The van der Waals surface area contributed by atoms with Crippen LogP contribution in [0.25, 0.3) is 22.3 Å². The van der Waals surface area contributed by atoms with Gasteiger partial charge >= 0.3 is 0 Å². The highest BCUT2D eigenvalue weighted by atomic mass is 14.0. The zero-order valence-electron chi connectivity index (χ0n) is 18.5. The lowest BCUT2D eigenvalue weighted by atomic mass is 9.99. The van der Waals surface area contributed by atoms with Crippen LogP contribution in [0.1, 0.15) is 33.3 Å². The Hall–Kier alpha value is -3.12. The second kappa shape index (κ2) is 14.9. The van der Waals surface area contributed by atoms with Crippen LogP contribution in [0.4, 0.5) is 0 Å². The summed E-state index contributed by atoms with van der Waals surface area (Å²) in [5.41, 5.74) is 6.36. The van der Waals surface area contributed by atoms with Gasteiger partial charge in [-0.25, -0.2) is 0 Å². The summed E-state index contributed by atoms with van der Waals surface area (Å²) in [5.74, 6) is 0. The van der Waals surface area contributed by atoms with E-state index < -0.39 is 0 Å². The molecule has 4 rings (SSSR count). The monoisotopic (exact) mass is 382 g/mol. The van der Waals surface area contributed by atoms with Crippen LogP contribution in [-0.2, 0) is 0 Å². The normalized spacial score (nSPS) is 8.86. The summed E-state index contributed by atoms with van der Waals surface area (Å²) in [7, 11) is 0. The Morgan fingerprint density at radius 3 is 0.966 bits per heavy atom. The van der Waals surface area contributed by atoms with Gasteiger partial charge in [0.2, 0.25) is 0 Å². The van der Waals surface area contributed by atoms with Crippen LogP contribution in [-0.4, -0.2) is 0 Å². The summed E-state index contributed by atoms with van der Waals surface area (Å²) in [6.07, 6.45) is 0. The summed E-state index contributed by atoms with van der Waals surface area (Å²) in [6.45, 7) is 10.1. The van der Waals surface area contributed by atoms with Crippen LogP contribution < -0.4 is 0 Å². The van der Waals surface area contributed by atoms with E-state index in [9.17, 15) is 0 Å². The van der Waals surface area contributed by atoms with Gasteiger partial charge in [0.15, 0.2) is 0 Å². The van der Waals surface area contributed by atoms with Gasteiger partial charge in [-0.15, -0.1) is 0 Å². The number of aryl methyl sites for hydroxylation is 1. The van der Waals surface area contributed by atoms with Crippen molar-refractivity contribution in [1.29, 1.82) is 0 Å². The topological polar surface area (TPSA) is 0 Å². The van der Waals surface area contributed by atoms with Gasteiger partial charge in [-0.1, -0.05) is 142 Å². The fraction of sp³-hybridized carbons (Fsp3) is 0.172. The Morgan fingerprint density at radius 1 is 0.345 bits per heavy atom. The van der Waals surface area contributed by atoms with Crippen LogP contribution in [0.2, 0.25) is 0 Å². The van der Waals surface area contributed by atoms with Gasteiger partial charge in [-0.2, -0.15) is 0 Å². The molecule has 0 aliphatic rings. The summed E-state index contributed by atoms with van der Waals surface area (Å²) >= 11 is 0. The molecule has 0 amide bonds. The number of hydrogen-bond donors (Lipinski definition) is 0. The van der Waals surface area contributed by atoms with Crippen molar-refractivity contribution in [1.82, 2.24) is 0 Å².